The molecule has 1 unspecified atom stereocenters. The zero-order chi connectivity index (χ0) is 18.1. The predicted octanol–water partition coefficient (Wildman–Crippen LogP) is 2.70. The lowest BCUT2D eigenvalue weighted by Crippen LogP contribution is -2.47. The minimum Gasteiger partial charge on any atom is -0.394 e. The molecule has 2 aromatic heterocycles. The molecule has 0 amide bonds. The molecule has 2 heterocycles. The molecular weight excluding hydrogens is 328 g/mol. The number of benzene rings is 1. The topological polar surface area (TPSA) is 76.1 Å². The Labute approximate surface area is 152 Å². The fourth-order valence-electron chi connectivity index (χ4n) is 3.85. The number of nitrogens with one attached hydrogen (secondary N) is 1. The van der Waals surface area contributed by atoms with Crippen molar-refractivity contribution in [3.8, 4) is 11.3 Å². The third-order valence-electron chi connectivity index (χ3n) is 5.52. The van der Waals surface area contributed by atoms with Gasteiger partial charge >= 0.3 is 0 Å². The number of aliphatic hydroxyl groups excluding tert-OH is 1. The summed E-state index contributed by atoms with van der Waals surface area (Å²) in [6, 6.07) is 10.3. The Bertz CT molecular complexity index is 914. The summed E-state index contributed by atoms with van der Waals surface area (Å²) in [4.78, 5) is 0. The smallest absolute Gasteiger partial charge is 0.151 e. The molecule has 0 saturated carbocycles. The summed E-state index contributed by atoms with van der Waals surface area (Å²) in [5.41, 5.74) is 4.88. The summed E-state index contributed by atoms with van der Waals surface area (Å²) < 4.78 is 7.34. The first-order valence-corrected chi connectivity index (χ1v) is 9.02. The summed E-state index contributed by atoms with van der Waals surface area (Å²) >= 11 is 0. The highest BCUT2D eigenvalue weighted by Gasteiger charge is 2.35. The van der Waals surface area contributed by atoms with Crippen molar-refractivity contribution in [2.75, 3.05) is 6.61 Å². The van der Waals surface area contributed by atoms with E-state index in [0.29, 0.717) is 6.54 Å². The number of aromatic nitrogens is 3. The van der Waals surface area contributed by atoms with Crippen molar-refractivity contribution in [2.45, 2.75) is 38.3 Å². The predicted molar refractivity (Wildman–Crippen MR) is 98.4 cm³/mol. The van der Waals surface area contributed by atoms with Crippen molar-refractivity contribution in [1.82, 2.24) is 20.3 Å². The van der Waals surface area contributed by atoms with Crippen LogP contribution in [0.3, 0.4) is 0 Å². The van der Waals surface area contributed by atoms with Gasteiger partial charge < -0.3 is 9.63 Å². The molecule has 0 spiro atoms. The lowest BCUT2D eigenvalue weighted by molar-refractivity contribution is 0.136. The maximum atomic E-state index is 10.2. The van der Waals surface area contributed by atoms with Crippen LogP contribution in [0.4, 0.5) is 0 Å². The number of aliphatic hydroxyl groups is 1. The van der Waals surface area contributed by atoms with Gasteiger partial charge in [0.25, 0.3) is 0 Å². The van der Waals surface area contributed by atoms with Gasteiger partial charge in [0, 0.05) is 24.4 Å². The lowest BCUT2D eigenvalue weighted by atomic mass is 9.77. The SMILES string of the molecule is Cc1c(-c2cc(CNC3(CO)CCCc4ccccc43)on2)cnn1C. The number of hydrogen-bond acceptors (Lipinski definition) is 5. The molecule has 6 nitrogen and oxygen atoms in total. The van der Waals surface area contributed by atoms with Crippen molar-refractivity contribution >= 4 is 0 Å². The highest BCUT2D eigenvalue weighted by molar-refractivity contribution is 5.60. The zero-order valence-corrected chi connectivity index (χ0v) is 15.2. The van der Waals surface area contributed by atoms with Gasteiger partial charge in [-0.25, -0.2) is 0 Å². The van der Waals surface area contributed by atoms with Gasteiger partial charge in [-0.3, -0.25) is 10.00 Å². The Morgan fingerprint density at radius 3 is 2.96 bits per heavy atom. The molecule has 6 heteroatoms. The third-order valence-corrected chi connectivity index (χ3v) is 5.52. The summed E-state index contributed by atoms with van der Waals surface area (Å²) in [6.45, 7) is 2.59. The molecule has 0 saturated heterocycles. The van der Waals surface area contributed by atoms with Crippen LogP contribution in [0, 0.1) is 6.92 Å². The van der Waals surface area contributed by atoms with Crippen molar-refractivity contribution in [3.05, 3.63) is 59.1 Å². The Kier molecular flexibility index (Phi) is 4.38. The van der Waals surface area contributed by atoms with Gasteiger partial charge in [0.15, 0.2) is 5.76 Å². The number of rotatable bonds is 5. The Balaban J connectivity index is 1.55. The molecule has 26 heavy (non-hydrogen) atoms. The van der Waals surface area contributed by atoms with Gasteiger partial charge in [-0.2, -0.15) is 5.10 Å². The summed E-state index contributed by atoms with van der Waals surface area (Å²) in [5, 5.41) is 22.1. The molecule has 2 N–H and O–H groups in total. The van der Waals surface area contributed by atoms with Gasteiger partial charge in [0.1, 0.15) is 5.69 Å². The molecule has 1 aliphatic rings. The first-order chi connectivity index (χ1) is 12.6. The van der Waals surface area contributed by atoms with Crippen LogP contribution in [0.25, 0.3) is 11.3 Å². The number of hydrogen-bond donors (Lipinski definition) is 2. The fraction of sp³-hybridized carbons (Fsp3) is 0.400. The molecular formula is C20H24N4O2. The van der Waals surface area contributed by atoms with Crippen molar-refractivity contribution in [1.29, 1.82) is 0 Å². The van der Waals surface area contributed by atoms with E-state index in [9.17, 15) is 5.11 Å². The van der Waals surface area contributed by atoms with Gasteiger partial charge in [0.2, 0.25) is 0 Å². The average Bonchev–Trinajstić information content (AvgIpc) is 3.27. The highest BCUT2D eigenvalue weighted by Crippen LogP contribution is 2.35. The normalized spacial score (nSPS) is 19.5. The van der Waals surface area contributed by atoms with Gasteiger partial charge in [0.05, 0.1) is 24.9 Å². The quantitative estimate of drug-likeness (QED) is 0.738. The Morgan fingerprint density at radius 2 is 2.19 bits per heavy atom. The third kappa shape index (κ3) is 2.85. The first kappa shape index (κ1) is 17.0. The van der Waals surface area contributed by atoms with Gasteiger partial charge in [-0.15, -0.1) is 0 Å². The maximum Gasteiger partial charge on any atom is 0.151 e. The zero-order valence-electron chi connectivity index (χ0n) is 15.2. The monoisotopic (exact) mass is 352 g/mol. The first-order valence-electron chi connectivity index (χ1n) is 9.02. The highest BCUT2D eigenvalue weighted by atomic mass is 16.5. The molecule has 136 valence electrons. The molecule has 0 radical (unpaired) electrons. The Hall–Kier alpha value is -2.44. The van der Waals surface area contributed by atoms with Crippen molar-refractivity contribution < 1.29 is 9.63 Å². The maximum absolute atomic E-state index is 10.2. The van der Waals surface area contributed by atoms with E-state index in [1.807, 2.05) is 30.8 Å². The van der Waals surface area contributed by atoms with Gasteiger partial charge in [-0.1, -0.05) is 29.4 Å². The molecule has 1 aromatic carbocycles. The standard InChI is InChI=1S/C20H24N4O2/c1-14-17(12-22-24(14)2)19-10-16(26-23-19)11-21-20(13-25)9-5-7-15-6-3-4-8-18(15)20/h3-4,6,8,10,12,21,25H,5,7,9,11,13H2,1-2H3. The molecule has 4 rings (SSSR count). The minimum absolute atomic E-state index is 0.0622. The van der Waals surface area contributed by atoms with Crippen LogP contribution >= 0.6 is 0 Å². The number of aryl methyl sites for hydroxylation is 2. The van der Waals surface area contributed by atoms with E-state index in [2.05, 4.69) is 33.8 Å². The average molecular weight is 352 g/mol. The van der Waals surface area contributed by atoms with Crippen LogP contribution in [0.5, 0.6) is 0 Å². The minimum atomic E-state index is -0.425. The molecule has 1 aliphatic carbocycles. The van der Waals surface area contributed by atoms with Crippen molar-refractivity contribution in [3.63, 3.8) is 0 Å². The van der Waals surface area contributed by atoms with Crippen LogP contribution < -0.4 is 5.32 Å². The molecule has 0 bridgehead atoms. The van der Waals surface area contributed by atoms with Crippen LogP contribution in [0.1, 0.15) is 35.4 Å². The second-order valence-electron chi connectivity index (χ2n) is 7.05. The number of nitrogens with zero attached hydrogens (tertiary/aromatic N) is 3. The van der Waals surface area contributed by atoms with Crippen LogP contribution in [0.15, 0.2) is 41.1 Å². The van der Waals surface area contributed by atoms with E-state index >= 15 is 0 Å². The van der Waals surface area contributed by atoms with Crippen molar-refractivity contribution in [2.24, 2.45) is 7.05 Å². The summed E-state index contributed by atoms with van der Waals surface area (Å²) in [6.07, 6.45) is 4.83. The fourth-order valence-corrected chi connectivity index (χ4v) is 3.85. The van der Waals surface area contributed by atoms with E-state index in [0.717, 1.165) is 42.0 Å². The summed E-state index contributed by atoms with van der Waals surface area (Å²) in [5.74, 6) is 0.749. The Morgan fingerprint density at radius 1 is 1.35 bits per heavy atom. The van der Waals surface area contributed by atoms with Gasteiger partial charge in [-0.05, 0) is 37.3 Å². The van der Waals surface area contributed by atoms with E-state index in [1.165, 1.54) is 11.1 Å². The van der Waals surface area contributed by atoms with Crippen LogP contribution in [-0.4, -0.2) is 26.7 Å². The number of fused-ring (bicyclic) bond motifs is 1. The van der Waals surface area contributed by atoms with Crippen LogP contribution in [0.2, 0.25) is 0 Å². The molecule has 0 fully saturated rings. The second kappa shape index (κ2) is 6.70. The van der Waals surface area contributed by atoms with Crippen LogP contribution in [-0.2, 0) is 25.6 Å². The molecule has 3 aromatic rings. The molecule has 1 atom stereocenters. The molecule has 0 aliphatic heterocycles. The van der Waals surface area contributed by atoms with E-state index in [-0.39, 0.29) is 6.61 Å². The van der Waals surface area contributed by atoms with E-state index < -0.39 is 5.54 Å². The second-order valence-corrected chi connectivity index (χ2v) is 7.05. The summed E-state index contributed by atoms with van der Waals surface area (Å²) in [7, 11) is 1.91. The lowest BCUT2D eigenvalue weighted by Gasteiger charge is -2.38. The van der Waals surface area contributed by atoms with E-state index in [1.54, 1.807) is 6.20 Å². The largest absolute Gasteiger partial charge is 0.394 e. The van der Waals surface area contributed by atoms with E-state index in [4.69, 9.17) is 4.52 Å².